The topological polar surface area (TPSA) is 98.9 Å². The van der Waals surface area contributed by atoms with E-state index in [1.54, 1.807) is 36.1 Å². The Morgan fingerprint density at radius 2 is 1.67 bits per heavy atom. The molecular formula is C31H30N2O5S. The van der Waals surface area contributed by atoms with E-state index in [2.05, 4.69) is 0 Å². The summed E-state index contributed by atoms with van der Waals surface area (Å²) >= 11 is 0. The predicted octanol–water partition coefficient (Wildman–Crippen LogP) is 5.43. The zero-order valence-electron chi connectivity index (χ0n) is 22.1. The summed E-state index contributed by atoms with van der Waals surface area (Å²) in [4.78, 5) is 15.6. The maximum absolute atomic E-state index is 13.6. The molecule has 0 bridgehead atoms. The molecular weight excluding hydrogens is 512 g/mol. The highest BCUT2D eigenvalue weighted by Crippen LogP contribution is 2.33. The number of para-hydroxylation sites is 1. The molecule has 1 aliphatic rings. The molecule has 1 heterocycles. The molecule has 39 heavy (non-hydrogen) atoms. The first-order chi connectivity index (χ1) is 18.7. The number of nitrogens with zero attached hydrogens (tertiary/aromatic N) is 1. The number of amides is 1. The third-order valence-electron chi connectivity index (χ3n) is 7.04. The number of anilines is 1. The van der Waals surface area contributed by atoms with Crippen LogP contribution in [0.3, 0.4) is 0 Å². The van der Waals surface area contributed by atoms with Gasteiger partial charge in [0.25, 0.3) is 5.91 Å². The Balaban J connectivity index is 1.42. The normalized spacial score (nSPS) is 13.3. The van der Waals surface area contributed by atoms with E-state index in [0.29, 0.717) is 30.8 Å². The molecule has 8 heteroatoms. The predicted molar refractivity (Wildman–Crippen MR) is 151 cm³/mol. The van der Waals surface area contributed by atoms with Crippen molar-refractivity contribution >= 4 is 21.4 Å². The molecule has 0 spiro atoms. The summed E-state index contributed by atoms with van der Waals surface area (Å²) in [5.74, 6) is 0.825. The number of hydrogen-bond donors (Lipinski definition) is 1. The zero-order chi connectivity index (χ0) is 27.7. The fourth-order valence-electron chi connectivity index (χ4n) is 4.75. The minimum absolute atomic E-state index is 0.0818. The fraction of sp³-hybridized carbons (Fsp3) is 0.194. The Hall–Kier alpha value is -4.30. The van der Waals surface area contributed by atoms with Crippen molar-refractivity contribution in [3.63, 3.8) is 0 Å². The van der Waals surface area contributed by atoms with E-state index >= 15 is 0 Å². The third kappa shape index (κ3) is 5.07. The lowest BCUT2D eigenvalue weighted by atomic mass is 10.00. The van der Waals surface area contributed by atoms with Crippen LogP contribution in [0.4, 0.5) is 5.69 Å². The number of ether oxygens (including phenoxy) is 2. The van der Waals surface area contributed by atoms with Gasteiger partial charge < -0.3 is 20.1 Å². The number of hydrogen-bond acceptors (Lipinski definition) is 6. The van der Waals surface area contributed by atoms with Crippen LogP contribution < -0.4 is 15.2 Å². The van der Waals surface area contributed by atoms with Gasteiger partial charge in [-0.3, -0.25) is 4.79 Å². The highest BCUT2D eigenvalue weighted by atomic mass is 32.2. The van der Waals surface area contributed by atoms with Gasteiger partial charge in [-0.25, -0.2) is 8.42 Å². The Morgan fingerprint density at radius 3 is 2.41 bits per heavy atom. The van der Waals surface area contributed by atoms with Crippen molar-refractivity contribution in [3.05, 3.63) is 101 Å². The van der Waals surface area contributed by atoms with Crippen molar-refractivity contribution < 1.29 is 22.7 Å². The average molecular weight is 543 g/mol. The van der Waals surface area contributed by atoms with E-state index in [1.165, 1.54) is 25.3 Å². The maximum Gasteiger partial charge on any atom is 0.254 e. The zero-order valence-corrected chi connectivity index (χ0v) is 22.9. The third-order valence-corrected chi connectivity index (χ3v) is 8.83. The van der Waals surface area contributed by atoms with E-state index < -0.39 is 9.84 Å². The standard InChI is InChI=1S/C31H30N2O5S/c1-20-8-9-23(18-27(20)32)22-10-13-28-24(17-22)19-33(14-15-38-28)31(34)26-12-11-25(16-21(26)2)39(35,36)30-7-5-4-6-29(30)37-3/h4-13,16-18H,14-15,19,32H2,1-3H3. The van der Waals surface area contributed by atoms with Gasteiger partial charge >= 0.3 is 0 Å². The molecule has 0 radical (unpaired) electrons. The highest BCUT2D eigenvalue weighted by Gasteiger charge is 2.26. The van der Waals surface area contributed by atoms with Gasteiger partial charge in [0, 0.05) is 23.4 Å². The number of nitrogen functional groups attached to an aromatic ring is 1. The van der Waals surface area contributed by atoms with Crippen molar-refractivity contribution in [2.24, 2.45) is 0 Å². The van der Waals surface area contributed by atoms with Gasteiger partial charge in [0.2, 0.25) is 9.84 Å². The van der Waals surface area contributed by atoms with Crippen LogP contribution >= 0.6 is 0 Å². The monoisotopic (exact) mass is 542 g/mol. The van der Waals surface area contributed by atoms with Crippen LogP contribution in [0.1, 0.15) is 27.0 Å². The quantitative estimate of drug-likeness (QED) is 0.338. The summed E-state index contributed by atoms with van der Waals surface area (Å²) in [7, 11) is -2.40. The second kappa shape index (κ2) is 10.5. The van der Waals surface area contributed by atoms with Gasteiger partial charge in [-0.1, -0.05) is 30.3 Å². The molecule has 5 rings (SSSR count). The molecule has 4 aromatic carbocycles. The van der Waals surface area contributed by atoms with Crippen LogP contribution in [0, 0.1) is 13.8 Å². The lowest BCUT2D eigenvalue weighted by molar-refractivity contribution is 0.0732. The molecule has 4 aromatic rings. The van der Waals surface area contributed by atoms with Crippen molar-refractivity contribution in [1.82, 2.24) is 4.90 Å². The number of rotatable bonds is 5. The summed E-state index contributed by atoms with van der Waals surface area (Å²) in [5.41, 5.74) is 11.8. The van der Waals surface area contributed by atoms with E-state index in [1.807, 2.05) is 43.3 Å². The van der Waals surface area contributed by atoms with Gasteiger partial charge in [-0.2, -0.15) is 0 Å². The first-order valence-electron chi connectivity index (χ1n) is 12.6. The minimum atomic E-state index is -3.83. The Kier molecular flexibility index (Phi) is 7.06. The first kappa shape index (κ1) is 26.3. The molecule has 0 saturated heterocycles. The number of sulfone groups is 1. The molecule has 0 atom stereocenters. The minimum Gasteiger partial charge on any atom is -0.495 e. The first-order valence-corrected chi connectivity index (χ1v) is 14.1. The molecule has 7 nitrogen and oxygen atoms in total. The van der Waals surface area contributed by atoms with Crippen LogP contribution in [-0.2, 0) is 16.4 Å². The number of benzene rings is 4. The van der Waals surface area contributed by atoms with Gasteiger partial charge in [0.05, 0.1) is 18.6 Å². The summed E-state index contributed by atoms with van der Waals surface area (Å²) in [5, 5.41) is 0. The van der Waals surface area contributed by atoms with E-state index in [9.17, 15) is 13.2 Å². The molecule has 0 unspecified atom stereocenters. The van der Waals surface area contributed by atoms with Crippen LogP contribution in [-0.4, -0.2) is 39.5 Å². The van der Waals surface area contributed by atoms with Gasteiger partial charge in [0.1, 0.15) is 23.0 Å². The molecule has 0 aliphatic carbocycles. The second-order valence-electron chi connectivity index (χ2n) is 9.60. The fourth-order valence-corrected chi connectivity index (χ4v) is 6.26. The van der Waals surface area contributed by atoms with Crippen molar-refractivity contribution in [3.8, 4) is 22.6 Å². The lowest BCUT2D eigenvalue weighted by Crippen LogP contribution is -2.33. The molecule has 2 N–H and O–H groups in total. The Morgan fingerprint density at radius 1 is 0.923 bits per heavy atom. The van der Waals surface area contributed by atoms with Crippen LogP contribution in [0.25, 0.3) is 11.1 Å². The van der Waals surface area contributed by atoms with E-state index in [-0.39, 0.29) is 21.4 Å². The largest absolute Gasteiger partial charge is 0.495 e. The number of carbonyl (C=O) groups is 1. The molecule has 1 amide bonds. The summed E-state index contributed by atoms with van der Waals surface area (Å²) in [6.45, 7) is 4.84. The molecule has 0 aromatic heterocycles. The number of nitrogens with two attached hydrogens (primary N) is 1. The SMILES string of the molecule is COc1ccccc1S(=O)(=O)c1ccc(C(=O)N2CCOc3ccc(-c4ccc(C)c(N)c4)cc3C2)c(C)c1. The molecule has 0 saturated carbocycles. The van der Waals surface area contributed by atoms with Crippen LogP contribution in [0.2, 0.25) is 0 Å². The highest BCUT2D eigenvalue weighted by molar-refractivity contribution is 7.91. The van der Waals surface area contributed by atoms with Gasteiger partial charge in [-0.05, 0) is 84.6 Å². The Labute approximate surface area is 228 Å². The van der Waals surface area contributed by atoms with E-state index in [4.69, 9.17) is 15.2 Å². The smallest absolute Gasteiger partial charge is 0.254 e. The Bertz CT molecular complexity index is 1680. The van der Waals surface area contributed by atoms with Crippen LogP contribution in [0.15, 0.2) is 88.7 Å². The number of carbonyl (C=O) groups excluding carboxylic acids is 1. The van der Waals surface area contributed by atoms with Crippen LogP contribution in [0.5, 0.6) is 11.5 Å². The second-order valence-corrected chi connectivity index (χ2v) is 11.5. The number of aryl methyl sites for hydroxylation is 2. The van der Waals surface area contributed by atoms with Gasteiger partial charge in [-0.15, -0.1) is 0 Å². The number of methoxy groups -OCH3 is 1. The van der Waals surface area contributed by atoms with Crippen molar-refractivity contribution in [2.45, 2.75) is 30.2 Å². The van der Waals surface area contributed by atoms with Crippen molar-refractivity contribution in [1.29, 1.82) is 0 Å². The molecule has 200 valence electrons. The molecule has 0 fully saturated rings. The van der Waals surface area contributed by atoms with Crippen molar-refractivity contribution in [2.75, 3.05) is 26.0 Å². The summed E-state index contributed by atoms with van der Waals surface area (Å²) < 4.78 is 37.8. The summed E-state index contributed by atoms with van der Waals surface area (Å²) in [6, 6.07) is 23.0. The van der Waals surface area contributed by atoms with E-state index in [0.717, 1.165) is 33.7 Å². The average Bonchev–Trinajstić information content (AvgIpc) is 3.16. The lowest BCUT2D eigenvalue weighted by Gasteiger charge is -2.21. The van der Waals surface area contributed by atoms with Gasteiger partial charge in [0.15, 0.2) is 0 Å². The molecule has 1 aliphatic heterocycles. The number of fused-ring (bicyclic) bond motifs is 1. The summed E-state index contributed by atoms with van der Waals surface area (Å²) in [6.07, 6.45) is 0. The maximum atomic E-state index is 13.6.